The molecule has 0 spiro atoms. The zero-order chi connectivity index (χ0) is 14.0. The molecule has 1 aromatic heterocycles. The predicted molar refractivity (Wildman–Crippen MR) is 82.3 cm³/mol. The Bertz CT molecular complexity index is 728. The topological polar surface area (TPSA) is 88.0 Å². The Kier molecular flexibility index (Phi) is 4.23. The zero-order valence-corrected chi connectivity index (χ0v) is 13.3. The van der Waals surface area contributed by atoms with Gasteiger partial charge < -0.3 is 4.74 Å². The van der Waals surface area contributed by atoms with Crippen molar-refractivity contribution in [2.75, 3.05) is 7.11 Å². The number of methoxy groups -OCH3 is 1. The number of azide groups is 1. The van der Waals surface area contributed by atoms with Crippen molar-refractivity contribution in [2.24, 2.45) is 5.11 Å². The summed E-state index contributed by atoms with van der Waals surface area (Å²) in [6.07, 6.45) is 1.35. The number of rotatable bonds is 2. The van der Waals surface area contributed by atoms with E-state index in [2.05, 4.69) is 58.3 Å². The summed E-state index contributed by atoms with van der Waals surface area (Å²) < 4.78 is 6.25. The number of hydrogen-bond acceptors (Lipinski definition) is 4. The average molecular weight is 433 g/mol. The van der Waals surface area contributed by atoms with Crippen molar-refractivity contribution in [3.8, 4) is 0 Å². The molecule has 6 nitrogen and oxygen atoms in total. The van der Waals surface area contributed by atoms with Gasteiger partial charge in [-0.2, -0.15) is 0 Å². The highest BCUT2D eigenvalue weighted by Crippen LogP contribution is 2.36. The summed E-state index contributed by atoms with van der Waals surface area (Å²) in [5, 5.41) is 4.24. The Hall–Kier alpha value is -1.38. The van der Waals surface area contributed by atoms with Crippen LogP contribution >= 0.6 is 38.5 Å². The number of carbonyl (C=O) groups is 1. The van der Waals surface area contributed by atoms with Gasteiger partial charge in [-0.05, 0) is 56.2 Å². The first kappa shape index (κ1) is 14.0. The van der Waals surface area contributed by atoms with E-state index in [9.17, 15) is 4.79 Å². The van der Waals surface area contributed by atoms with E-state index >= 15 is 0 Å². The number of ether oxygens (including phenoxy) is 1. The average Bonchev–Trinajstić information content (AvgIpc) is 2.42. The lowest BCUT2D eigenvalue weighted by Crippen LogP contribution is -2.03. The number of esters is 1. The molecule has 0 N–H and O–H groups in total. The van der Waals surface area contributed by atoms with Gasteiger partial charge in [-0.1, -0.05) is 5.11 Å². The number of benzene rings is 1. The van der Waals surface area contributed by atoms with Gasteiger partial charge >= 0.3 is 5.97 Å². The highest BCUT2D eigenvalue weighted by Gasteiger charge is 2.17. The van der Waals surface area contributed by atoms with Crippen molar-refractivity contribution in [1.29, 1.82) is 0 Å². The van der Waals surface area contributed by atoms with Gasteiger partial charge in [-0.25, -0.2) is 4.79 Å². The summed E-state index contributed by atoms with van der Waals surface area (Å²) in [5.41, 5.74) is 9.69. The Balaban J connectivity index is 2.96. The molecular formula is C11H6BrIN4O2. The Labute approximate surface area is 130 Å². The monoisotopic (exact) mass is 432 g/mol. The number of fused-ring (bicyclic) bond motifs is 1. The van der Waals surface area contributed by atoms with Crippen LogP contribution in [0.15, 0.2) is 27.9 Å². The van der Waals surface area contributed by atoms with Crippen LogP contribution < -0.4 is 0 Å². The third kappa shape index (κ3) is 2.51. The van der Waals surface area contributed by atoms with E-state index in [0.717, 1.165) is 8.04 Å². The van der Waals surface area contributed by atoms with Crippen LogP contribution in [0.5, 0.6) is 0 Å². The molecule has 2 aromatic rings. The van der Waals surface area contributed by atoms with Gasteiger partial charge in [-0.15, -0.1) is 0 Å². The minimum Gasteiger partial charge on any atom is -0.465 e. The maximum Gasteiger partial charge on any atom is 0.339 e. The molecule has 0 saturated carbocycles. The van der Waals surface area contributed by atoms with Gasteiger partial charge in [-0.3, -0.25) is 4.98 Å². The summed E-state index contributed by atoms with van der Waals surface area (Å²) in [6, 6.07) is 3.68. The smallest absolute Gasteiger partial charge is 0.339 e. The number of pyridine rings is 1. The minimum atomic E-state index is -0.590. The molecule has 2 rings (SSSR count). The van der Waals surface area contributed by atoms with Crippen LogP contribution in [0.3, 0.4) is 0 Å². The third-order valence-electron chi connectivity index (χ3n) is 2.44. The summed E-state index contributed by atoms with van der Waals surface area (Å²) in [7, 11) is 1.26. The molecule has 0 fully saturated rings. The Morgan fingerprint density at radius 2 is 2.32 bits per heavy atom. The van der Waals surface area contributed by atoms with E-state index in [1.807, 2.05) is 12.1 Å². The van der Waals surface area contributed by atoms with Gasteiger partial charge in [0.15, 0.2) is 0 Å². The van der Waals surface area contributed by atoms with Crippen molar-refractivity contribution in [2.45, 2.75) is 0 Å². The highest BCUT2D eigenvalue weighted by molar-refractivity contribution is 14.1. The van der Waals surface area contributed by atoms with Gasteiger partial charge in [0, 0.05) is 24.5 Å². The second-order valence-electron chi connectivity index (χ2n) is 3.45. The molecule has 0 aliphatic carbocycles. The largest absolute Gasteiger partial charge is 0.465 e. The predicted octanol–water partition coefficient (Wildman–Crippen LogP) is 4.33. The highest BCUT2D eigenvalue weighted by atomic mass is 127. The summed E-state index contributed by atoms with van der Waals surface area (Å²) >= 11 is 5.47. The zero-order valence-electron chi connectivity index (χ0n) is 9.59. The molecule has 0 unspecified atom stereocenters. The number of aromatic nitrogens is 1. The van der Waals surface area contributed by atoms with Crippen LogP contribution in [-0.4, -0.2) is 18.1 Å². The van der Waals surface area contributed by atoms with Crippen LogP contribution in [-0.2, 0) is 4.74 Å². The molecule has 0 radical (unpaired) electrons. The molecule has 1 aromatic carbocycles. The molecule has 19 heavy (non-hydrogen) atoms. The lowest BCUT2D eigenvalue weighted by atomic mass is 10.1. The van der Waals surface area contributed by atoms with Gasteiger partial charge in [0.1, 0.15) is 0 Å². The van der Waals surface area contributed by atoms with E-state index in [1.54, 1.807) is 0 Å². The number of carbonyl (C=O) groups excluding carboxylic acids is 1. The maximum atomic E-state index is 11.7. The number of hydrogen-bond donors (Lipinski definition) is 0. The lowest BCUT2D eigenvalue weighted by Gasteiger charge is -2.09. The molecule has 0 amide bonds. The van der Waals surface area contributed by atoms with E-state index in [4.69, 9.17) is 5.53 Å². The fraction of sp³-hybridized carbons (Fsp3) is 0.0909. The van der Waals surface area contributed by atoms with Crippen molar-refractivity contribution in [1.82, 2.24) is 4.98 Å². The Morgan fingerprint density at radius 3 is 2.95 bits per heavy atom. The first-order valence-corrected chi connectivity index (χ1v) is 6.87. The fourth-order valence-corrected chi connectivity index (χ4v) is 2.75. The summed E-state index contributed by atoms with van der Waals surface area (Å²) in [5.74, 6) is -0.590. The van der Waals surface area contributed by atoms with Crippen molar-refractivity contribution < 1.29 is 9.53 Å². The fourth-order valence-electron chi connectivity index (χ4n) is 1.63. The Morgan fingerprint density at radius 1 is 1.58 bits per heavy atom. The molecular weight excluding hydrogens is 427 g/mol. The molecule has 0 saturated heterocycles. The molecule has 0 aliphatic heterocycles. The molecule has 1 heterocycles. The van der Waals surface area contributed by atoms with Gasteiger partial charge in [0.2, 0.25) is 0 Å². The van der Waals surface area contributed by atoms with E-state index in [-0.39, 0.29) is 11.3 Å². The van der Waals surface area contributed by atoms with E-state index in [1.165, 1.54) is 13.3 Å². The molecule has 96 valence electrons. The van der Waals surface area contributed by atoms with Gasteiger partial charge in [0.25, 0.3) is 0 Å². The second-order valence-corrected chi connectivity index (χ2v) is 5.47. The molecule has 0 atom stereocenters. The summed E-state index contributed by atoms with van der Waals surface area (Å²) in [6.45, 7) is 0. The second kappa shape index (κ2) is 5.72. The lowest BCUT2D eigenvalue weighted by molar-refractivity contribution is 0.0601. The van der Waals surface area contributed by atoms with E-state index in [0.29, 0.717) is 10.9 Å². The SMILES string of the molecule is COC(=O)c1cnc2c(Br)ccc(I)c2c1N=[N+]=[N-]. The van der Waals surface area contributed by atoms with Crippen LogP contribution in [0, 0.1) is 3.57 Å². The van der Waals surface area contributed by atoms with Crippen molar-refractivity contribution in [3.05, 3.63) is 42.4 Å². The van der Waals surface area contributed by atoms with E-state index < -0.39 is 5.97 Å². The first-order valence-electron chi connectivity index (χ1n) is 5.00. The van der Waals surface area contributed by atoms with Crippen molar-refractivity contribution >= 4 is 61.1 Å². The number of halogens is 2. The molecule has 8 heteroatoms. The normalized spacial score (nSPS) is 10.1. The minimum absolute atomic E-state index is 0.142. The van der Waals surface area contributed by atoms with Crippen LogP contribution in [0.4, 0.5) is 5.69 Å². The standard InChI is InChI=1S/C11H6BrIN4O2/c1-19-11(18)5-4-15-10-6(12)2-3-7(13)8(10)9(5)16-17-14/h2-4H,1H3. The summed E-state index contributed by atoms with van der Waals surface area (Å²) in [4.78, 5) is 18.7. The van der Waals surface area contributed by atoms with Gasteiger partial charge in [0.05, 0.1) is 23.9 Å². The van der Waals surface area contributed by atoms with Crippen molar-refractivity contribution in [3.63, 3.8) is 0 Å². The third-order valence-corrected chi connectivity index (χ3v) is 3.98. The first-order chi connectivity index (χ1) is 9.10. The van der Waals surface area contributed by atoms with Crippen LogP contribution in [0.25, 0.3) is 21.3 Å². The molecule has 0 bridgehead atoms. The van der Waals surface area contributed by atoms with Crippen LogP contribution in [0.2, 0.25) is 0 Å². The maximum absolute atomic E-state index is 11.7. The van der Waals surface area contributed by atoms with Crippen LogP contribution in [0.1, 0.15) is 10.4 Å². The quantitative estimate of drug-likeness (QED) is 0.232. The number of nitrogens with zero attached hydrogens (tertiary/aromatic N) is 4. The molecule has 0 aliphatic rings.